The maximum atomic E-state index is 12.7. The fourth-order valence-electron chi connectivity index (χ4n) is 8.76. The number of amides is 1. The van der Waals surface area contributed by atoms with Gasteiger partial charge in [-0.15, -0.1) is 0 Å². The van der Waals surface area contributed by atoms with Gasteiger partial charge in [0.1, 0.15) is 18.0 Å². The van der Waals surface area contributed by atoms with E-state index >= 15 is 0 Å². The molecule has 2 aromatic carbocycles. The molecule has 2 atom stereocenters. The van der Waals surface area contributed by atoms with E-state index in [0.29, 0.717) is 23.7 Å². The summed E-state index contributed by atoms with van der Waals surface area (Å²) in [5, 5.41) is 7.48. The number of piperidine rings is 1. The van der Waals surface area contributed by atoms with E-state index in [1.807, 2.05) is 42.6 Å². The zero-order valence-corrected chi connectivity index (χ0v) is 32.3. The van der Waals surface area contributed by atoms with Crippen LogP contribution in [0.1, 0.15) is 83.1 Å². The fraction of sp³-hybridized carbons (Fsp3) is 0.600. The monoisotopic (exact) mass is 729 g/mol. The largest absolute Gasteiger partial charge is 0.462 e. The van der Waals surface area contributed by atoms with Gasteiger partial charge in [0, 0.05) is 65.6 Å². The van der Waals surface area contributed by atoms with Gasteiger partial charge in [-0.1, -0.05) is 17.7 Å². The molecule has 0 aliphatic carbocycles. The van der Waals surface area contributed by atoms with Crippen LogP contribution in [-0.2, 0) is 9.47 Å². The molecule has 4 fully saturated rings. The maximum Gasteiger partial charge on any atom is 0.410 e. The first-order chi connectivity index (χ1) is 24.9. The van der Waals surface area contributed by atoms with Gasteiger partial charge < -0.3 is 28.9 Å². The summed E-state index contributed by atoms with van der Waals surface area (Å²) in [5.74, 6) is 0.853. The van der Waals surface area contributed by atoms with Gasteiger partial charge in [-0.05, 0) is 122 Å². The Morgan fingerprint density at radius 3 is 2.50 bits per heavy atom. The van der Waals surface area contributed by atoms with Crippen molar-refractivity contribution in [3.05, 3.63) is 40.5 Å². The zero-order chi connectivity index (χ0) is 36.4. The third-order valence-electron chi connectivity index (χ3n) is 11.7. The normalized spacial score (nSPS) is 22.4. The van der Waals surface area contributed by atoms with Gasteiger partial charge in [0.25, 0.3) is 0 Å². The van der Waals surface area contributed by atoms with Gasteiger partial charge >= 0.3 is 12.1 Å². The van der Waals surface area contributed by atoms with E-state index in [9.17, 15) is 4.79 Å². The second-order valence-electron chi connectivity index (χ2n) is 16.6. The lowest BCUT2D eigenvalue weighted by Crippen LogP contribution is -2.62. The van der Waals surface area contributed by atoms with Crippen molar-refractivity contribution in [2.24, 2.45) is 5.41 Å². The Morgan fingerprint density at radius 2 is 1.81 bits per heavy atom. The maximum absolute atomic E-state index is 12.7. The average molecular weight is 730 g/mol. The number of halogens is 1. The zero-order valence-electron chi connectivity index (χ0n) is 31.5. The topological polar surface area (TPSA) is 98.1 Å². The van der Waals surface area contributed by atoms with Crippen molar-refractivity contribution in [2.45, 2.75) is 97.4 Å². The minimum absolute atomic E-state index is 0.0621. The van der Waals surface area contributed by atoms with Crippen molar-refractivity contribution < 1.29 is 19.0 Å². The summed E-state index contributed by atoms with van der Waals surface area (Å²) < 4.78 is 20.2. The van der Waals surface area contributed by atoms with Gasteiger partial charge in [-0.2, -0.15) is 15.1 Å². The van der Waals surface area contributed by atoms with Crippen LogP contribution in [0.25, 0.3) is 32.9 Å². The third-order valence-corrected chi connectivity index (χ3v) is 12.0. The lowest BCUT2D eigenvalue weighted by molar-refractivity contribution is -0.0434. The van der Waals surface area contributed by atoms with E-state index in [4.69, 9.17) is 40.9 Å². The highest BCUT2D eigenvalue weighted by Gasteiger charge is 2.48. The molecule has 1 unspecified atom stereocenters. The number of anilines is 1. The summed E-state index contributed by atoms with van der Waals surface area (Å²) in [4.78, 5) is 29.5. The van der Waals surface area contributed by atoms with Crippen LogP contribution in [0.4, 0.5) is 10.6 Å². The molecule has 1 amide bonds. The van der Waals surface area contributed by atoms with Crippen molar-refractivity contribution in [3.63, 3.8) is 0 Å². The highest BCUT2D eigenvalue weighted by Crippen LogP contribution is 2.46. The summed E-state index contributed by atoms with van der Waals surface area (Å²) in [6, 6.07) is 7.10. The third kappa shape index (κ3) is 6.57. The highest BCUT2D eigenvalue weighted by atomic mass is 35.5. The van der Waals surface area contributed by atoms with Gasteiger partial charge in [-0.25, -0.2) is 9.48 Å². The number of aromatic nitrogens is 4. The van der Waals surface area contributed by atoms with Crippen LogP contribution in [0.5, 0.6) is 6.01 Å². The summed E-state index contributed by atoms with van der Waals surface area (Å²) in [6.45, 7) is 15.5. The van der Waals surface area contributed by atoms with E-state index in [-0.39, 0.29) is 17.7 Å². The summed E-state index contributed by atoms with van der Waals surface area (Å²) in [6.07, 6.45) is 9.04. The minimum Gasteiger partial charge on any atom is -0.462 e. The number of hydrogen-bond donors (Lipinski definition) is 0. The molecule has 2 aromatic heterocycles. The predicted octanol–water partition coefficient (Wildman–Crippen LogP) is 7.93. The number of rotatable bonds is 6. The predicted molar refractivity (Wildman–Crippen MR) is 204 cm³/mol. The first-order valence-electron chi connectivity index (χ1n) is 19.1. The Balaban J connectivity index is 1.14. The highest BCUT2D eigenvalue weighted by molar-refractivity contribution is 6.35. The molecule has 12 heteroatoms. The van der Waals surface area contributed by atoms with Crippen molar-refractivity contribution in [2.75, 3.05) is 57.9 Å². The second-order valence-corrected chi connectivity index (χ2v) is 17.0. The molecular weight excluding hydrogens is 678 g/mol. The van der Waals surface area contributed by atoms with Crippen LogP contribution in [0.3, 0.4) is 0 Å². The molecular formula is C40H52ClN7O4. The molecule has 4 saturated heterocycles. The van der Waals surface area contributed by atoms with E-state index in [1.165, 1.54) is 6.42 Å². The van der Waals surface area contributed by atoms with Gasteiger partial charge in [0.15, 0.2) is 6.23 Å². The number of aryl methyl sites for hydroxylation is 2. The minimum atomic E-state index is -0.499. The number of nitrogens with zero attached hydrogens (tertiary/aromatic N) is 7. The number of likely N-dealkylation sites (N-methyl/N-ethyl adjacent to an activating group) is 1. The van der Waals surface area contributed by atoms with Crippen LogP contribution in [0, 0.1) is 19.3 Å². The van der Waals surface area contributed by atoms with Gasteiger partial charge in [-0.3, -0.25) is 0 Å². The SMILES string of the molecule is Cc1ccc2c(cnn2C2CCCCO2)c1-c1c(Cl)cc2c(N3CCC4(CC3)CN(C(=O)OC(C)(C)C)C4)nc(OC[C@@H]3CCCN3C)nc2c1C. The second kappa shape index (κ2) is 13.6. The molecule has 278 valence electrons. The molecule has 4 aliphatic rings. The molecule has 52 heavy (non-hydrogen) atoms. The molecule has 0 bridgehead atoms. The standard InChI is InChI=1S/C40H52ClN7O4/c1-25-12-13-31-29(21-42-48(31)32-11-7-8-19-50-32)33(25)34-26(2)35-28(20-30(34)41)36(44-37(43-35)51-22-27-10-9-16-45(27)6)46-17-14-40(15-18-46)23-47(24-40)38(49)52-39(3,4)5/h12-13,20-21,27,32H,7-11,14-19,22-24H2,1-6H3/t27-,32?/m0/s1. The molecule has 0 saturated carbocycles. The number of fused-ring (bicyclic) bond motifs is 2. The summed E-state index contributed by atoms with van der Waals surface area (Å²) >= 11 is 7.34. The molecule has 8 rings (SSSR count). The Kier molecular flexibility index (Phi) is 9.27. The molecule has 4 aromatic rings. The first-order valence-corrected chi connectivity index (χ1v) is 19.4. The summed E-state index contributed by atoms with van der Waals surface area (Å²) in [7, 11) is 2.16. The Morgan fingerprint density at radius 1 is 1.02 bits per heavy atom. The van der Waals surface area contributed by atoms with Crippen molar-refractivity contribution >= 4 is 45.3 Å². The Bertz CT molecular complexity index is 1990. The first kappa shape index (κ1) is 35.4. The molecule has 1 spiro atoms. The Labute approximate surface area is 311 Å². The average Bonchev–Trinajstić information content (AvgIpc) is 3.72. The quantitative estimate of drug-likeness (QED) is 0.196. The van der Waals surface area contributed by atoms with Crippen LogP contribution < -0.4 is 9.64 Å². The number of carbonyl (C=O) groups excluding carboxylic acids is 1. The van der Waals surface area contributed by atoms with Crippen LogP contribution in [0.15, 0.2) is 24.4 Å². The van der Waals surface area contributed by atoms with Crippen molar-refractivity contribution in [1.29, 1.82) is 0 Å². The number of likely N-dealkylation sites (tertiary alicyclic amines) is 2. The van der Waals surface area contributed by atoms with Crippen LogP contribution in [0.2, 0.25) is 5.02 Å². The van der Waals surface area contributed by atoms with Crippen molar-refractivity contribution in [3.8, 4) is 17.1 Å². The lowest BCUT2D eigenvalue weighted by Gasteiger charge is -2.53. The molecule has 0 N–H and O–H groups in total. The van der Waals surface area contributed by atoms with Crippen molar-refractivity contribution in [1.82, 2.24) is 29.5 Å². The van der Waals surface area contributed by atoms with E-state index in [0.717, 1.165) is 128 Å². The molecule has 11 nitrogen and oxygen atoms in total. The van der Waals surface area contributed by atoms with Gasteiger partial charge in [0.2, 0.25) is 0 Å². The molecule has 0 radical (unpaired) electrons. The Hall–Kier alpha value is -3.67. The molecule has 6 heterocycles. The lowest BCUT2D eigenvalue weighted by atomic mass is 9.72. The molecule has 4 aliphatic heterocycles. The number of ether oxygens (including phenoxy) is 3. The van der Waals surface area contributed by atoms with E-state index in [2.05, 4.69) is 42.8 Å². The van der Waals surface area contributed by atoms with Gasteiger partial charge in [0.05, 0.1) is 17.2 Å². The van der Waals surface area contributed by atoms with Crippen LogP contribution in [-0.4, -0.2) is 100 Å². The number of hydrogen-bond acceptors (Lipinski definition) is 9. The number of carbonyl (C=O) groups is 1. The fourth-order valence-corrected chi connectivity index (χ4v) is 9.11. The van der Waals surface area contributed by atoms with E-state index < -0.39 is 5.60 Å². The smallest absolute Gasteiger partial charge is 0.410 e. The van der Waals surface area contributed by atoms with Crippen LogP contribution >= 0.6 is 11.6 Å². The number of benzene rings is 2. The van der Waals surface area contributed by atoms with E-state index in [1.54, 1.807) is 0 Å². The summed E-state index contributed by atoms with van der Waals surface area (Å²) in [5.41, 5.74) is 5.64.